The van der Waals surface area contributed by atoms with Crippen LogP contribution in [0.4, 0.5) is 5.69 Å². The monoisotopic (exact) mass is 445 g/mol. The molecule has 0 unspecified atom stereocenters. The van der Waals surface area contributed by atoms with E-state index in [4.69, 9.17) is 4.74 Å². The number of halogens is 1. The molecule has 0 saturated heterocycles. The van der Waals surface area contributed by atoms with Gasteiger partial charge in [0.05, 0.1) is 35.2 Å². The number of hydrogen-bond donors (Lipinski definition) is 1. The normalized spacial score (nSPS) is 10.8. The zero-order valence-corrected chi connectivity index (χ0v) is 17.6. The predicted molar refractivity (Wildman–Crippen MR) is 107 cm³/mol. The number of anilines is 1. The van der Waals surface area contributed by atoms with Gasteiger partial charge in [0.25, 0.3) is 5.91 Å². The summed E-state index contributed by atoms with van der Waals surface area (Å²) in [6.07, 6.45) is 1.56. The van der Waals surface area contributed by atoms with Gasteiger partial charge in [0.15, 0.2) is 5.69 Å². The minimum Gasteiger partial charge on any atom is -0.464 e. The highest BCUT2D eigenvalue weighted by molar-refractivity contribution is 9.10. The first-order chi connectivity index (χ1) is 13.3. The average molecular weight is 446 g/mol. The van der Waals surface area contributed by atoms with Crippen molar-refractivity contribution in [1.82, 2.24) is 19.6 Å². The molecule has 0 bridgehead atoms. The van der Waals surface area contributed by atoms with E-state index >= 15 is 0 Å². The maximum Gasteiger partial charge on any atom is 0.360 e. The molecule has 2 aromatic heterocycles. The summed E-state index contributed by atoms with van der Waals surface area (Å²) in [7, 11) is 2.93. The van der Waals surface area contributed by atoms with Gasteiger partial charge in [0, 0.05) is 18.8 Å². The van der Waals surface area contributed by atoms with Crippen LogP contribution in [0.1, 0.15) is 37.8 Å². The molecule has 0 aliphatic heterocycles. The van der Waals surface area contributed by atoms with Crippen LogP contribution in [0.25, 0.3) is 0 Å². The number of nitrogens with one attached hydrogen (secondary N) is 1. The van der Waals surface area contributed by atoms with Crippen LogP contribution in [-0.4, -0.2) is 38.5 Å². The van der Waals surface area contributed by atoms with E-state index in [0.717, 1.165) is 21.4 Å². The molecule has 3 aromatic rings. The highest BCUT2D eigenvalue weighted by Crippen LogP contribution is 2.21. The van der Waals surface area contributed by atoms with Gasteiger partial charge in [-0.25, -0.2) is 4.79 Å². The fourth-order valence-electron chi connectivity index (χ4n) is 2.83. The van der Waals surface area contributed by atoms with Crippen molar-refractivity contribution in [3.63, 3.8) is 0 Å². The lowest BCUT2D eigenvalue weighted by atomic mass is 10.1. The van der Waals surface area contributed by atoms with Crippen molar-refractivity contribution in [3.05, 3.63) is 63.1 Å². The third kappa shape index (κ3) is 3.99. The lowest BCUT2D eigenvalue weighted by Crippen LogP contribution is -2.15. The van der Waals surface area contributed by atoms with Crippen molar-refractivity contribution in [1.29, 1.82) is 0 Å². The molecule has 0 aliphatic rings. The quantitative estimate of drug-likeness (QED) is 0.609. The number of rotatable bonds is 5. The van der Waals surface area contributed by atoms with E-state index in [-0.39, 0.29) is 11.6 Å². The molecule has 9 heteroatoms. The van der Waals surface area contributed by atoms with Crippen molar-refractivity contribution in [3.8, 4) is 0 Å². The fraction of sp³-hybridized carbons (Fsp3) is 0.263. The molecular weight excluding hydrogens is 426 g/mol. The SMILES string of the molecule is COC(=O)c1nn(C)cc1NC(=O)c1cccc(Cn2nc(C)c(Br)c2C)c1. The molecule has 0 spiro atoms. The lowest BCUT2D eigenvalue weighted by molar-refractivity contribution is 0.0594. The number of amides is 1. The zero-order chi connectivity index (χ0) is 20.4. The summed E-state index contributed by atoms with van der Waals surface area (Å²) in [5.41, 5.74) is 3.70. The van der Waals surface area contributed by atoms with E-state index in [9.17, 15) is 9.59 Å². The number of aromatic nitrogens is 4. The minimum absolute atomic E-state index is 0.0574. The van der Waals surface area contributed by atoms with Gasteiger partial charge in [-0.1, -0.05) is 12.1 Å². The summed E-state index contributed by atoms with van der Waals surface area (Å²) in [6.45, 7) is 4.46. The molecule has 2 heterocycles. The van der Waals surface area contributed by atoms with Crippen molar-refractivity contribution in [2.75, 3.05) is 12.4 Å². The van der Waals surface area contributed by atoms with Gasteiger partial charge in [0.2, 0.25) is 0 Å². The molecule has 28 heavy (non-hydrogen) atoms. The zero-order valence-electron chi connectivity index (χ0n) is 16.0. The van der Waals surface area contributed by atoms with Gasteiger partial charge in [-0.05, 0) is 47.5 Å². The summed E-state index contributed by atoms with van der Waals surface area (Å²) in [5.74, 6) is -0.950. The Hall–Kier alpha value is -2.94. The number of hydrogen-bond acceptors (Lipinski definition) is 5. The second-order valence-electron chi connectivity index (χ2n) is 6.35. The van der Waals surface area contributed by atoms with Gasteiger partial charge in [-0.2, -0.15) is 10.2 Å². The lowest BCUT2D eigenvalue weighted by Gasteiger charge is -2.08. The van der Waals surface area contributed by atoms with Crippen molar-refractivity contribution < 1.29 is 14.3 Å². The van der Waals surface area contributed by atoms with Gasteiger partial charge in [0.1, 0.15) is 0 Å². The van der Waals surface area contributed by atoms with Crippen LogP contribution in [0.5, 0.6) is 0 Å². The van der Waals surface area contributed by atoms with Gasteiger partial charge < -0.3 is 10.1 Å². The van der Waals surface area contributed by atoms with Crippen molar-refractivity contribution >= 4 is 33.5 Å². The molecule has 0 atom stereocenters. The summed E-state index contributed by atoms with van der Waals surface area (Å²) >= 11 is 3.52. The number of aryl methyl sites for hydroxylation is 2. The van der Waals surface area contributed by atoms with Crippen LogP contribution in [-0.2, 0) is 18.3 Å². The molecule has 3 rings (SSSR count). The van der Waals surface area contributed by atoms with Gasteiger partial charge in [-0.3, -0.25) is 14.2 Å². The van der Waals surface area contributed by atoms with E-state index < -0.39 is 5.97 Å². The average Bonchev–Trinajstić information content (AvgIpc) is 3.15. The summed E-state index contributed by atoms with van der Waals surface area (Å²) < 4.78 is 9.01. The molecule has 0 radical (unpaired) electrons. The van der Waals surface area contributed by atoms with Gasteiger partial charge >= 0.3 is 5.97 Å². The molecule has 146 valence electrons. The summed E-state index contributed by atoms with van der Waals surface area (Å²) in [4.78, 5) is 24.5. The number of methoxy groups -OCH3 is 1. The predicted octanol–water partition coefficient (Wildman–Crippen LogP) is 3.08. The maximum absolute atomic E-state index is 12.7. The first-order valence-electron chi connectivity index (χ1n) is 8.52. The van der Waals surface area contributed by atoms with Crippen molar-refractivity contribution in [2.24, 2.45) is 7.05 Å². The standard InChI is InChI=1S/C19H20BrN5O3/c1-11-16(20)12(2)25(22-11)9-13-6-5-7-14(8-13)18(26)21-15-10-24(3)23-17(15)19(27)28-4/h5-8,10H,9H2,1-4H3,(H,21,26). The molecule has 0 aliphatic carbocycles. The Balaban J connectivity index is 1.81. The van der Waals surface area contributed by atoms with E-state index in [2.05, 4.69) is 31.4 Å². The van der Waals surface area contributed by atoms with E-state index in [1.165, 1.54) is 11.8 Å². The molecule has 1 N–H and O–H groups in total. The number of esters is 1. The topological polar surface area (TPSA) is 91.0 Å². The first kappa shape index (κ1) is 19.8. The highest BCUT2D eigenvalue weighted by atomic mass is 79.9. The molecule has 1 aromatic carbocycles. The van der Waals surface area contributed by atoms with E-state index in [0.29, 0.717) is 17.8 Å². The molecule has 0 fully saturated rings. The largest absolute Gasteiger partial charge is 0.464 e. The van der Waals surface area contributed by atoms with Crippen LogP contribution >= 0.6 is 15.9 Å². The Morgan fingerprint density at radius 2 is 2.00 bits per heavy atom. The van der Waals surface area contributed by atoms with E-state index in [1.54, 1.807) is 25.4 Å². The Morgan fingerprint density at radius 3 is 2.64 bits per heavy atom. The Morgan fingerprint density at radius 1 is 1.25 bits per heavy atom. The molecular formula is C19H20BrN5O3. The number of benzene rings is 1. The maximum atomic E-state index is 12.7. The summed E-state index contributed by atoms with van der Waals surface area (Å²) in [5, 5.41) is 11.3. The smallest absolute Gasteiger partial charge is 0.360 e. The van der Waals surface area contributed by atoms with Crippen LogP contribution < -0.4 is 5.32 Å². The van der Waals surface area contributed by atoms with Crippen LogP contribution in [0.2, 0.25) is 0 Å². The second-order valence-corrected chi connectivity index (χ2v) is 7.15. The molecule has 0 saturated carbocycles. The Labute approximate surface area is 170 Å². The Bertz CT molecular complexity index is 1050. The molecule has 8 nitrogen and oxygen atoms in total. The van der Waals surface area contributed by atoms with Crippen molar-refractivity contribution in [2.45, 2.75) is 20.4 Å². The second kappa shape index (κ2) is 7.97. The van der Waals surface area contributed by atoms with Gasteiger partial charge in [-0.15, -0.1) is 0 Å². The number of nitrogens with zero attached hydrogens (tertiary/aromatic N) is 4. The number of carbonyl (C=O) groups is 2. The Kier molecular flexibility index (Phi) is 5.64. The first-order valence-corrected chi connectivity index (χ1v) is 9.31. The highest BCUT2D eigenvalue weighted by Gasteiger charge is 2.19. The van der Waals surface area contributed by atoms with E-state index in [1.807, 2.05) is 30.7 Å². The van der Waals surface area contributed by atoms with Crippen LogP contribution in [0.15, 0.2) is 34.9 Å². The van der Waals surface area contributed by atoms with Crippen LogP contribution in [0.3, 0.4) is 0 Å². The minimum atomic E-state index is -0.611. The molecule has 1 amide bonds. The third-order valence-corrected chi connectivity index (χ3v) is 5.42. The number of carbonyl (C=O) groups excluding carboxylic acids is 2. The summed E-state index contributed by atoms with van der Waals surface area (Å²) in [6, 6.07) is 7.26. The number of ether oxygens (including phenoxy) is 1. The van der Waals surface area contributed by atoms with Crippen LogP contribution in [0, 0.1) is 13.8 Å². The fourth-order valence-corrected chi connectivity index (χ4v) is 3.12. The third-order valence-electron chi connectivity index (χ3n) is 4.27.